The van der Waals surface area contributed by atoms with E-state index in [4.69, 9.17) is 4.74 Å². The zero-order valence-corrected chi connectivity index (χ0v) is 15.3. The second-order valence-corrected chi connectivity index (χ2v) is 6.80. The average molecular weight is 338 g/mol. The summed E-state index contributed by atoms with van der Waals surface area (Å²) in [5.74, 6) is 0.897. The molecule has 1 N–H and O–H groups in total. The van der Waals surface area contributed by atoms with Gasteiger partial charge < -0.3 is 15.0 Å². The summed E-state index contributed by atoms with van der Waals surface area (Å²) in [5.41, 5.74) is 2.64. The van der Waals surface area contributed by atoms with Gasteiger partial charge in [0.05, 0.1) is 11.7 Å². The second-order valence-electron chi connectivity index (χ2n) is 6.80. The number of benzene rings is 2. The fourth-order valence-corrected chi connectivity index (χ4v) is 3.19. The van der Waals surface area contributed by atoms with E-state index < -0.39 is 0 Å². The fourth-order valence-electron chi connectivity index (χ4n) is 3.19. The van der Waals surface area contributed by atoms with Gasteiger partial charge in [0.2, 0.25) is 0 Å². The maximum atomic E-state index is 13.1. The van der Waals surface area contributed by atoms with Crippen molar-refractivity contribution in [2.45, 2.75) is 52.4 Å². The lowest BCUT2D eigenvalue weighted by molar-refractivity contribution is 0.0593. The zero-order valence-electron chi connectivity index (χ0n) is 15.3. The average Bonchev–Trinajstić information content (AvgIpc) is 2.60. The molecular formula is C21H26N2O2. The molecule has 0 bridgehead atoms. The largest absolute Gasteiger partial charge is 0.491 e. The normalized spacial score (nSPS) is 17.9. The van der Waals surface area contributed by atoms with Gasteiger partial charge in [-0.25, -0.2) is 0 Å². The molecule has 4 heteroatoms. The zero-order chi connectivity index (χ0) is 18.0. The van der Waals surface area contributed by atoms with Crippen molar-refractivity contribution in [1.29, 1.82) is 0 Å². The minimum atomic E-state index is -0.201. The highest BCUT2D eigenvalue weighted by Gasteiger charge is 2.35. The summed E-state index contributed by atoms with van der Waals surface area (Å²) < 4.78 is 5.83. The highest BCUT2D eigenvalue weighted by Crippen LogP contribution is 2.35. The van der Waals surface area contributed by atoms with Gasteiger partial charge in [-0.2, -0.15) is 0 Å². The van der Waals surface area contributed by atoms with Gasteiger partial charge >= 0.3 is 0 Å². The standard InChI is InChI=1S/C21H26N2O2/c1-5-15(4)23-20(16-9-8-10-17(13-16)25-14(2)3)22-19-12-7-6-11-18(19)21(23)24/h6-15,20,22H,5H2,1-4H3. The molecule has 0 fully saturated rings. The van der Waals surface area contributed by atoms with E-state index in [2.05, 4.69) is 19.2 Å². The monoisotopic (exact) mass is 338 g/mol. The summed E-state index contributed by atoms with van der Waals surface area (Å²) in [5, 5.41) is 3.54. The summed E-state index contributed by atoms with van der Waals surface area (Å²) in [7, 11) is 0. The molecule has 2 atom stereocenters. The van der Waals surface area contributed by atoms with Crippen molar-refractivity contribution in [3.63, 3.8) is 0 Å². The van der Waals surface area contributed by atoms with E-state index >= 15 is 0 Å². The van der Waals surface area contributed by atoms with Crippen LogP contribution in [0, 0.1) is 0 Å². The van der Waals surface area contributed by atoms with Crippen molar-refractivity contribution in [3.05, 3.63) is 59.7 Å². The van der Waals surface area contributed by atoms with E-state index in [1.54, 1.807) is 0 Å². The second kappa shape index (κ2) is 7.18. The van der Waals surface area contributed by atoms with E-state index in [0.29, 0.717) is 0 Å². The van der Waals surface area contributed by atoms with Crippen LogP contribution in [0.2, 0.25) is 0 Å². The molecular weight excluding hydrogens is 312 g/mol. The van der Waals surface area contributed by atoms with Gasteiger partial charge in [0.15, 0.2) is 0 Å². The van der Waals surface area contributed by atoms with E-state index in [9.17, 15) is 4.79 Å². The molecule has 1 aliphatic rings. The van der Waals surface area contributed by atoms with Crippen molar-refractivity contribution >= 4 is 11.6 Å². The van der Waals surface area contributed by atoms with Crippen LogP contribution in [0.3, 0.4) is 0 Å². The topological polar surface area (TPSA) is 41.6 Å². The molecule has 0 aliphatic carbocycles. The summed E-state index contributed by atoms with van der Waals surface area (Å²) in [4.78, 5) is 15.1. The van der Waals surface area contributed by atoms with Crippen molar-refractivity contribution < 1.29 is 9.53 Å². The molecule has 0 radical (unpaired) electrons. The Morgan fingerprint density at radius 3 is 2.60 bits per heavy atom. The van der Waals surface area contributed by atoms with Gasteiger partial charge in [0, 0.05) is 11.7 Å². The van der Waals surface area contributed by atoms with E-state index in [1.165, 1.54) is 0 Å². The molecule has 25 heavy (non-hydrogen) atoms. The minimum absolute atomic E-state index is 0.0730. The molecule has 0 saturated heterocycles. The Morgan fingerprint density at radius 2 is 1.88 bits per heavy atom. The lowest BCUT2D eigenvalue weighted by Crippen LogP contribution is -2.47. The predicted molar refractivity (Wildman–Crippen MR) is 101 cm³/mol. The number of hydrogen-bond donors (Lipinski definition) is 1. The summed E-state index contributed by atoms with van der Waals surface area (Å²) in [6, 6.07) is 15.8. The van der Waals surface area contributed by atoms with Crippen LogP contribution in [0.1, 0.15) is 56.2 Å². The smallest absolute Gasteiger partial charge is 0.258 e. The summed E-state index contributed by atoms with van der Waals surface area (Å²) >= 11 is 0. The Bertz CT molecular complexity index is 757. The first-order valence-electron chi connectivity index (χ1n) is 8.96. The lowest BCUT2D eigenvalue weighted by Gasteiger charge is -2.41. The van der Waals surface area contributed by atoms with Crippen molar-refractivity contribution in [1.82, 2.24) is 4.90 Å². The molecule has 0 spiro atoms. The van der Waals surface area contributed by atoms with Crippen LogP contribution in [0.5, 0.6) is 5.75 Å². The molecule has 0 saturated carbocycles. The number of amides is 1. The number of nitrogens with zero attached hydrogens (tertiary/aromatic N) is 1. The third kappa shape index (κ3) is 3.48. The molecule has 1 aliphatic heterocycles. The van der Waals surface area contributed by atoms with Crippen molar-refractivity contribution in [3.8, 4) is 5.75 Å². The van der Waals surface area contributed by atoms with Gasteiger partial charge in [0.25, 0.3) is 5.91 Å². The summed E-state index contributed by atoms with van der Waals surface area (Å²) in [6.45, 7) is 8.22. The van der Waals surface area contributed by atoms with Crippen LogP contribution in [0.25, 0.3) is 0 Å². The number of ether oxygens (including phenoxy) is 1. The molecule has 3 rings (SSSR count). The molecule has 2 unspecified atom stereocenters. The third-order valence-electron chi connectivity index (χ3n) is 4.57. The number of carbonyl (C=O) groups is 1. The number of para-hydroxylation sites is 1. The van der Waals surface area contributed by atoms with Gasteiger partial charge in [-0.3, -0.25) is 4.79 Å². The fraction of sp³-hybridized carbons (Fsp3) is 0.381. The van der Waals surface area contributed by atoms with Crippen LogP contribution < -0.4 is 10.1 Å². The molecule has 1 amide bonds. The van der Waals surface area contributed by atoms with Crippen LogP contribution >= 0.6 is 0 Å². The Labute approximate surface area is 149 Å². The highest BCUT2D eigenvalue weighted by atomic mass is 16.5. The van der Waals surface area contributed by atoms with Gasteiger partial charge in [0.1, 0.15) is 11.9 Å². The van der Waals surface area contributed by atoms with Crippen LogP contribution in [-0.4, -0.2) is 23.0 Å². The van der Waals surface area contributed by atoms with Crippen LogP contribution in [-0.2, 0) is 0 Å². The quantitative estimate of drug-likeness (QED) is 0.848. The molecule has 1 heterocycles. The first kappa shape index (κ1) is 17.3. The number of rotatable bonds is 5. The van der Waals surface area contributed by atoms with Crippen LogP contribution in [0.15, 0.2) is 48.5 Å². The minimum Gasteiger partial charge on any atom is -0.491 e. The Kier molecular flexibility index (Phi) is 4.98. The van der Waals surface area contributed by atoms with E-state index in [-0.39, 0.29) is 24.2 Å². The Balaban J connectivity index is 2.02. The SMILES string of the molecule is CCC(C)N1C(=O)c2ccccc2NC1c1cccc(OC(C)C)c1. The lowest BCUT2D eigenvalue weighted by atomic mass is 10.0. The molecule has 2 aromatic carbocycles. The Hall–Kier alpha value is -2.49. The van der Waals surface area contributed by atoms with Crippen molar-refractivity contribution in [2.75, 3.05) is 5.32 Å². The van der Waals surface area contributed by atoms with Crippen LogP contribution in [0.4, 0.5) is 5.69 Å². The third-order valence-corrected chi connectivity index (χ3v) is 4.57. The molecule has 2 aromatic rings. The van der Waals surface area contributed by atoms with Gasteiger partial charge in [-0.05, 0) is 57.0 Å². The van der Waals surface area contributed by atoms with E-state index in [0.717, 1.165) is 29.0 Å². The maximum Gasteiger partial charge on any atom is 0.258 e. The number of nitrogens with one attached hydrogen (secondary N) is 1. The highest BCUT2D eigenvalue weighted by molar-refractivity contribution is 6.01. The van der Waals surface area contributed by atoms with Gasteiger partial charge in [-0.15, -0.1) is 0 Å². The van der Waals surface area contributed by atoms with Crippen molar-refractivity contribution in [2.24, 2.45) is 0 Å². The predicted octanol–water partition coefficient (Wildman–Crippen LogP) is 4.84. The maximum absolute atomic E-state index is 13.1. The summed E-state index contributed by atoms with van der Waals surface area (Å²) in [6.07, 6.45) is 0.810. The molecule has 4 nitrogen and oxygen atoms in total. The first-order valence-corrected chi connectivity index (χ1v) is 8.96. The first-order chi connectivity index (χ1) is 12.0. The number of anilines is 1. The Morgan fingerprint density at radius 1 is 1.12 bits per heavy atom. The molecule has 132 valence electrons. The molecule has 0 aromatic heterocycles. The number of fused-ring (bicyclic) bond motifs is 1. The number of carbonyl (C=O) groups excluding carboxylic acids is 1. The van der Waals surface area contributed by atoms with Gasteiger partial charge in [-0.1, -0.05) is 31.2 Å². The van der Waals surface area contributed by atoms with E-state index in [1.807, 2.05) is 67.3 Å². The number of hydrogen-bond acceptors (Lipinski definition) is 3.